The minimum Gasteiger partial charge on any atom is -0.393 e. The lowest BCUT2D eigenvalue weighted by atomic mass is 9.86. The zero-order chi connectivity index (χ0) is 16.5. The molecule has 1 aromatic rings. The van der Waals surface area contributed by atoms with Crippen molar-refractivity contribution in [1.29, 1.82) is 0 Å². The van der Waals surface area contributed by atoms with Gasteiger partial charge in [-0.25, -0.2) is 0 Å². The largest absolute Gasteiger partial charge is 0.393 e. The summed E-state index contributed by atoms with van der Waals surface area (Å²) in [5, 5.41) is 14.6. The van der Waals surface area contributed by atoms with E-state index in [0.29, 0.717) is 12.1 Å². The summed E-state index contributed by atoms with van der Waals surface area (Å²) in [7, 11) is 3.67. The first-order valence-electron chi connectivity index (χ1n) is 8.18. The van der Waals surface area contributed by atoms with Gasteiger partial charge in [0.25, 0.3) is 5.91 Å². The number of rotatable bonds is 3. The number of hydrogen-bond acceptors (Lipinski definition) is 3. The minimum absolute atomic E-state index is 0.00389. The summed E-state index contributed by atoms with van der Waals surface area (Å²) in [4.78, 5) is 14.5. The Morgan fingerprint density at radius 1 is 1.41 bits per heavy atom. The van der Waals surface area contributed by atoms with Gasteiger partial charge in [0, 0.05) is 38.2 Å². The molecular weight excluding hydrogens is 278 g/mol. The fourth-order valence-corrected chi connectivity index (χ4v) is 3.24. The van der Waals surface area contributed by atoms with Crippen LogP contribution in [-0.4, -0.2) is 45.4 Å². The molecule has 0 aromatic carbocycles. The van der Waals surface area contributed by atoms with E-state index in [1.807, 2.05) is 14.1 Å². The molecule has 1 N–H and O–H groups in total. The van der Waals surface area contributed by atoms with Crippen LogP contribution in [0.1, 0.15) is 62.5 Å². The molecule has 1 aromatic heterocycles. The number of amides is 1. The number of aryl methyl sites for hydroxylation is 1. The summed E-state index contributed by atoms with van der Waals surface area (Å²) >= 11 is 0. The summed E-state index contributed by atoms with van der Waals surface area (Å²) in [5.74, 6) is 0.188. The van der Waals surface area contributed by atoms with E-state index >= 15 is 0 Å². The van der Waals surface area contributed by atoms with Gasteiger partial charge >= 0.3 is 0 Å². The van der Waals surface area contributed by atoms with Crippen LogP contribution in [0.5, 0.6) is 0 Å². The van der Waals surface area contributed by atoms with E-state index in [4.69, 9.17) is 0 Å². The number of aliphatic hydroxyl groups excluding tert-OH is 1. The predicted molar refractivity (Wildman–Crippen MR) is 86.8 cm³/mol. The normalized spacial score (nSPS) is 22.6. The van der Waals surface area contributed by atoms with Crippen molar-refractivity contribution in [2.45, 2.75) is 58.0 Å². The van der Waals surface area contributed by atoms with E-state index in [9.17, 15) is 9.90 Å². The molecule has 1 fully saturated rings. The molecule has 1 aliphatic carbocycles. The molecule has 0 saturated heterocycles. The van der Waals surface area contributed by atoms with E-state index < -0.39 is 0 Å². The SMILES string of the molecule is CN(CC1CCCCC1O)C(=O)c1cn(C)nc1C(C)(C)C. The van der Waals surface area contributed by atoms with E-state index in [2.05, 4.69) is 25.9 Å². The van der Waals surface area contributed by atoms with Crippen molar-refractivity contribution in [2.75, 3.05) is 13.6 Å². The highest BCUT2D eigenvalue weighted by atomic mass is 16.3. The third kappa shape index (κ3) is 3.69. The van der Waals surface area contributed by atoms with E-state index in [1.54, 1.807) is 15.8 Å². The van der Waals surface area contributed by atoms with Crippen LogP contribution in [0.15, 0.2) is 6.20 Å². The van der Waals surface area contributed by atoms with Crippen LogP contribution in [0.2, 0.25) is 0 Å². The van der Waals surface area contributed by atoms with E-state index in [-0.39, 0.29) is 23.3 Å². The molecule has 5 nitrogen and oxygen atoms in total. The standard InChI is InChI=1S/C17H29N3O2/c1-17(2,3)15-13(11-20(5)18-15)16(22)19(4)10-12-8-6-7-9-14(12)21/h11-12,14,21H,6-10H2,1-5H3. The molecule has 22 heavy (non-hydrogen) atoms. The number of carbonyl (C=O) groups excluding carboxylic acids is 1. The molecule has 1 amide bonds. The number of aliphatic hydroxyl groups is 1. The van der Waals surface area contributed by atoms with Crippen LogP contribution in [0, 0.1) is 5.92 Å². The zero-order valence-corrected chi connectivity index (χ0v) is 14.5. The quantitative estimate of drug-likeness (QED) is 0.932. The van der Waals surface area contributed by atoms with Crippen LogP contribution in [0.4, 0.5) is 0 Å². The molecule has 2 unspecified atom stereocenters. The summed E-state index contributed by atoms with van der Waals surface area (Å²) in [5.41, 5.74) is 1.33. The maximum Gasteiger partial charge on any atom is 0.257 e. The van der Waals surface area contributed by atoms with Crippen LogP contribution < -0.4 is 0 Å². The van der Waals surface area contributed by atoms with Crippen LogP contribution in [0.25, 0.3) is 0 Å². The number of nitrogens with zero attached hydrogens (tertiary/aromatic N) is 3. The van der Waals surface area contributed by atoms with E-state index in [0.717, 1.165) is 31.4 Å². The van der Waals surface area contributed by atoms with Crippen LogP contribution in [-0.2, 0) is 12.5 Å². The predicted octanol–water partition coefficient (Wildman–Crippen LogP) is 2.34. The Morgan fingerprint density at radius 2 is 2.05 bits per heavy atom. The van der Waals surface area contributed by atoms with Gasteiger partial charge in [-0.3, -0.25) is 9.48 Å². The van der Waals surface area contributed by atoms with Crippen molar-refractivity contribution < 1.29 is 9.90 Å². The van der Waals surface area contributed by atoms with Crippen molar-refractivity contribution in [3.63, 3.8) is 0 Å². The molecule has 0 bridgehead atoms. The monoisotopic (exact) mass is 307 g/mol. The third-order valence-electron chi connectivity index (χ3n) is 4.49. The Labute approximate surface area is 133 Å². The second kappa shape index (κ2) is 6.41. The van der Waals surface area contributed by atoms with Crippen molar-refractivity contribution in [3.8, 4) is 0 Å². The van der Waals surface area contributed by atoms with Crippen molar-refractivity contribution in [3.05, 3.63) is 17.5 Å². The average Bonchev–Trinajstić information content (AvgIpc) is 2.82. The Morgan fingerprint density at radius 3 is 2.64 bits per heavy atom. The lowest BCUT2D eigenvalue weighted by Crippen LogP contribution is -2.38. The van der Waals surface area contributed by atoms with Crippen molar-refractivity contribution in [1.82, 2.24) is 14.7 Å². The molecule has 0 spiro atoms. The van der Waals surface area contributed by atoms with Crippen LogP contribution >= 0.6 is 0 Å². The molecule has 124 valence electrons. The summed E-state index contributed by atoms with van der Waals surface area (Å²) in [6, 6.07) is 0. The fourth-order valence-electron chi connectivity index (χ4n) is 3.24. The third-order valence-corrected chi connectivity index (χ3v) is 4.49. The molecule has 5 heteroatoms. The number of carbonyl (C=O) groups is 1. The smallest absolute Gasteiger partial charge is 0.257 e. The Bertz CT molecular complexity index is 530. The van der Waals surface area contributed by atoms with Crippen LogP contribution in [0.3, 0.4) is 0 Å². The highest BCUT2D eigenvalue weighted by molar-refractivity contribution is 5.95. The highest BCUT2D eigenvalue weighted by Crippen LogP contribution is 2.27. The number of aromatic nitrogens is 2. The summed E-state index contributed by atoms with van der Waals surface area (Å²) in [6.07, 6.45) is 5.61. The molecular formula is C17H29N3O2. The van der Waals surface area contributed by atoms with Crippen molar-refractivity contribution >= 4 is 5.91 Å². The lowest BCUT2D eigenvalue weighted by molar-refractivity contribution is 0.0450. The Hall–Kier alpha value is -1.36. The second-order valence-corrected chi connectivity index (χ2v) is 7.61. The van der Waals surface area contributed by atoms with Gasteiger partial charge in [0.15, 0.2) is 0 Å². The van der Waals surface area contributed by atoms with Crippen molar-refractivity contribution in [2.24, 2.45) is 13.0 Å². The second-order valence-electron chi connectivity index (χ2n) is 7.61. The molecule has 2 rings (SSSR count). The van der Waals surface area contributed by atoms with Gasteiger partial charge in [0.05, 0.1) is 17.4 Å². The van der Waals surface area contributed by atoms with Gasteiger partial charge in [-0.15, -0.1) is 0 Å². The first-order valence-corrected chi connectivity index (χ1v) is 8.18. The Balaban J connectivity index is 2.14. The fraction of sp³-hybridized carbons (Fsp3) is 0.765. The zero-order valence-electron chi connectivity index (χ0n) is 14.5. The molecule has 0 radical (unpaired) electrons. The van der Waals surface area contributed by atoms with E-state index in [1.165, 1.54) is 0 Å². The molecule has 1 aliphatic rings. The highest BCUT2D eigenvalue weighted by Gasteiger charge is 2.30. The first-order chi connectivity index (χ1) is 10.2. The average molecular weight is 307 g/mol. The Kier molecular flexibility index (Phi) is 4.95. The number of hydrogen-bond donors (Lipinski definition) is 1. The van der Waals surface area contributed by atoms with Gasteiger partial charge in [-0.1, -0.05) is 33.6 Å². The maximum absolute atomic E-state index is 12.8. The first kappa shape index (κ1) is 17.0. The molecule has 2 atom stereocenters. The topological polar surface area (TPSA) is 58.4 Å². The minimum atomic E-state index is -0.278. The molecule has 0 aliphatic heterocycles. The molecule has 1 heterocycles. The van der Waals surface area contributed by atoms with Gasteiger partial charge in [-0.2, -0.15) is 5.10 Å². The van der Waals surface area contributed by atoms with Gasteiger partial charge in [-0.05, 0) is 12.8 Å². The van der Waals surface area contributed by atoms with Gasteiger partial charge < -0.3 is 10.0 Å². The lowest BCUT2D eigenvalue weighted by Gasteiger charge is -2.31. The van der Waals surface area contributed by atoms with Gasteiger partial charge in [0.2, 0.25) is 0 Å². The summed E-state index contributed by atoms with van der Waals surface area (Å²) < 4.78 is 1.71. The maximum atomic E-state index is 12.8. The molecule has 1 saturated carbocycles. The van der Waals surface area contributed by atoms with Gasteiger partial charge in [0.1, 0.15) is 0 Å². The summed E-state index contributed by atoms with van der Waals surface area (Å²) in [6.45, 7) is 6.81.